The van der Waals surface area contributed by atoms with Crippen molar-refractivity contribution in [3.05, 3.63) is 95.4 Å². The number of ketones is 1. The first kappa shape index (κ1) is 25.6. The Morgan fingerprint density at radius 3 is 2.19 bits per heavy atom. The zero-order chi connectivity index (χ0) is 26.0. The smallest absolute Gasteiger partial charge is 0.339 e. The van der Waals surface area contributed by atoms with Crippen molar-refractivity contribution in [2.45, 2.75) is 33.3 Å². The molecule has 3 aromatic carbocycles. The molecule has 0 fully saturated rings. The highest BCUT2D eigenvalue weighted by Gasteiger charge is 2.21. The Balaban J connectivity index is 1.50. The van der Waals surface area contributed by atoms with Crippen molar-refractivity contribution in [1.29, 1.82) is 0 Å². The molecule has 4 aromatic rings. The van der Waals surface area contributed by atoms with Crippen molar-refractivity contribution in [2.24, 2.45) is 0 Å². The van der Waals surface area contributed by atoms with Gasteiger partial charge in [0.1, 0.15) is 0 Å². The van der Waals surface area contributed by atoms with Gasteiger partial charge in [-0.25, -0.2) is 4.79 Å². The van der Waals surface area contributed by atoms with E-state index in [9.17, 15) is 9.59 Å². The van der Waals surface area contributed by atoms with Crippen LogP contribution in [-0.4, -0.2) is 35.2 Å². The van der Waals surface area contributed by atoms with Crippen molar-refractivity contribution in [2.75, 3.05) is 13.2 Å². The summed E-state index contributed by atoms with van der Waals surface area (Å²) >= 11 is 0. The predicted molar refractivity (Wildman–Crippen MR) is 137 cm³/mol. The average molecular weight is 501 g/mol. The first-order chi connectivity index (χ1) is 18.1. The zero-order valence-electron chi connectivity index (χ0n) is 20.8. The van der Waals surface area contributed by atoms with Gasteiger partial charge in [0.05, 0.1) is 18.8 Å². The van der Waals surface area contributed by atoms with Gasteiger partial charge in [0.25, 0.3) is 5.89 Å². The van der Waals surface area contributed by atoms with Crippen molar-refractivity contribution < 1.29 is 28.2 Å². The molecule has 0 bridgehead atoms. The lowest BCUT2D eigenvalue weighted by atomic mass is 9.98. The van der Waals surface area contributed by atoms with Crippen LogP contribution in [0.1, 0.15) is 58.9 Å². The molecule has 0 saturated heterocycles. The summed E-state index contributed by atoms with van der Waals surface area (Å²) in [4.78, 5) is 26.3. The van der Waals surface area contributed by atoms with Gasteiger partial charge in [0, 0.05) is 16.7 Å². The highest BCUT2D eigenvalue weighted by atomic mass is 16.5. The van der Waals surface area contributed by atoms with E-state index >= 15 is 0 Å². The van der Waals surface area contributed by atoms with Crippen LogP contribution in [0.5, 0.6) is 11.5 Å². The van der Waals surface area contributed by atoms with Crippen LogP contribution in [-0.2, 0) is 11.3 Å². The van der Waals surface area contributed by atoms with Crippen LogP contribution >= 0.6 is 0 Å². The summed E-state index contributed by atoms with van der Waals surface area (Å²) in [5.41, 5.74) is 1.49. The van der Waals surface area contributed by atoms with Gasteiger partial charge in [-0.05, 0) is 49.2 Å². The topological polar surface area (TPSA) is 101 Å². The van der Waals surface area contributed by atoms with Gasteiger partial charge in [-0.3, -0.25) is 4.79 Å². The van der Waals surface area contributed by atoms with Gasteiger partial charge in [0.15, 0.2) is 23.9 Å². The van der Waals surface area contributed by atoms with E-state index in [1.165, 1.54) is 0 Å². The summed E-state index contributed by atoms with van der Waals surface area (Å²) in [6.07, 6.45) is 1.66. The number of carbonyl (C=O) groups excluding carboxylic acids is 2. The third-order valence-electron chi connectivity index (χ3n) is 5.34. The fourth-order valence-electron chi connectivity index (χ4n) is 3.53. The van der Waals surface area contributed by atoms with E-state index in [1.807, 2.05) is 44.2 Å². The molecule has 0 radical (unpaired) electrons. The normalized spacial score (nSPS) is 10.6. The van der Waals surface area contributed by atoms with E-state index in [1.54, 1.807) is 42.5 Å². The van der Waals surface area contributed by atoms with E-state index in [2.05, 4.69) is 10.2 Å². The molecule has 1 heterocycles. The number of ether oxygens (including phenoxy) is 3. The first-order valence-corrected chi connectivity index (χ1v) is 12.2. The highest BCUT2D eigenvalue weighted by Crippen LogP contribution is 2.30. The van der Waals surface area contributed by atoms with Gasteiger partial charge in [-0.15, -0.1) is 10.2 Å². The second-order valence-corrected chi connectivity index (χ2v) is 8.18. The Morgan fingerprint density at radius 2 is 1.46 bits per heavy atom. The number of hydrogen-bond acceptors (Lipinski definition) is 8. The highest BCUT2D eigenvalue weighted by molar-refractivity contribution is 6.14. The lowest BCUT2D eigenvalue weighted by Crippen LogP contribution is -2.13. The Hall–Kier alpha value is -4.46. The summed E-state index contributed by atoms with van der Waals surface area (Å²) in [5, 5.41) is 7.93. The molecule has 0 amide bonds. The zero-order valence-corrected chi connectivity index (χ0v) is 20.8. The van der Waals surface area contributed by atoms with Crippen LogP contribution in [0, 0.1) is 0 Å². The minimum absolute atomic E-state index is 0.137. The SMILES string of the molecule is CCCOc1ccc(C(=O)c2ccccc2C(=O)OCc2nnc(-c3ccccc3)o2)cc1OCCC. The molecule has 0 saturated carbocycles. The van der Waals surface area contributed by atoms with Gasteiger partial charge in [-0.2, -0.15) is 0 Å². The molecule has 8 heteroatoms. The van der Waals surface area contributed by atoms with E-state index < -0.39 is 5.97 Å². The molecule has 0 aliphatic carbocycles. The van der Waals surface area contributed by atoms with Crippen LogP contribution in [0.2, 0.25) is 0 Å². The van der Waals surface area contributed by atoms with E-state index in [-0.39, 0.29) is 29.4 Å². The maximum absolute atomic E-state index is 13.4. The lowest BCUT2D eigenvalue weighted by molar-refractivity contribution is 0.0436. The number of esters is 1. The number of benzene rings is 3. The molecule has 0 unspecified atom stereocenters. The van der Waals surface area contributed by atoms with Crippen LogP contribution < -0.4 is 9.47 Å². The molecule has 4 rings (SSSR count). The van der Waals surface area contributed by atoms with Crippen LogP contribution in [0.3, 0.4) is 0 Å². The monoisotopic (exact) mass is 500 g/mol. The molecule has 1 aromatic heterocycles. The van der Waals surface area contributed by atoms with Crippen molar-refractivity contribution >= 4 is 11.8 Å². The Kier molecular flexibility index (Phi) is 8.65. The van der Waals surface area contributed by atoms with Crippen molar-refractivity contribution in [3.8, 4) is 23.0 Å². The van der Waals surface area contributed by atoms with E-state index in [4.69, 9.17) is 18.6 Å². The molecule has 37 heavy (non-hydrogen) atoms. The quantitative estimate of drug-likeness (QED) is 0.175. The van der Waals surface area contributed by atoms with Crippen LogP contribution in [0.4, 0.5) is 0 Å². The number of aromatic nitrogens is 2. The minimum Gasteiger partial charge on any atom is -0.490 e. The summed E-state index contributed by atoms with van der Waals surface area (Å²) in [6.45, 7) is 4.82. The fourth-order valence-corrected chi connectivity index (χ4v) is 3.53. The third-order valence-corrected chi connectivity index (χ3v) is 5.34. The average Bonchev–Trinajstić information content (AvgIpc) is 3.43. The fraction of sp³-hybridized carbons (Fsp3) is 0.241. The van der Waals surface area contributed by atoms with Gasteiger partial charge < -0.3 is 18.6 Å². The molecule has 0 spiro atoms. The van der Waals surface area contributed by atoms with E-state index in [0.29, 0.717) is 36.2 Å². The van der Waals surface area contributed by atoms with Crippen LogP contribution in [0.25, 0.3) is 11.5 Å². The second-order valence-electron chi connectivity index (χ2n) is 8.18. The molecule has 190 valence electrons. The third kappa shape index (κ3) is 6.41. The predicted octanol–water partition coefficient (Wildman–Crippen LogP) is 5.90. The molecule has 0 N–H and O–H groups in total. The summed E-state index contributed by atoms with van der Waals surface area (Å²) in [7, 11) is 0. The lowest BCUT2D eigenvalue weighted by Gasteiger charge is -2.14. The van der Waals surface area contributed by atoms with Gasteiger partial charge >= 0.3 is 5.97 Å². The molecular weight excluding hydrogens is 472 g/mol. The largest absolute Gasteiger partial charge is 0.490 e. The Labute approximate surface area is 215 Å². The Bertz CT molecular complexity index is 1350. The summed E-state index contributed by atoms with van der Waals surface area (Å²) in [5.74, 6) is 0.542. The molecule has 8 nitrogen and oxygen atoms in total. The van der Waals surface area contributed by atoms with Crippen LogP contribution in [0.15, 0.2) is 77.2 Å². The van der Waals surface area contributed by atoms with Crippen molar-refractivity contribution in [1.82, 2.24) is 10.2 Å². The Morgan fingerprint density at radius 1 is 0.784 bits per heavy atom. The first-order valence-electron chi connectivity index (χ1n) is 12.2. The van der Waals surface area contributed by atoms with Gasteiger partial charge in [0.2, 0.25) is 5.89 Å². The molecule has 0 atom stereocenters. The molecule has 0 aliphatic rings. The number of hydrogen-bond donors (Lipinski definition) is 0. The number of nitrogens with zero attached hydrogens (tertiary/aromatic N) is 2. The summed E-state index contributed by atoms with van der Waals surface area (Å²) in [6, 6.07) is 20.8. The van der Waals surface area contributed by atoms with E-state index in [0.717, 1.165) is 18.4 Å². The number of carbonyl (C=O) groups is 2. The maximum Gasteiger partial charge on any atom is 0.339 e. The number of rotatable bonds is 12. The van der Waals surface area contributed by atoms with Crippen molar-refractivity contribution in [3.63, 3.8) is 0 Å². The standard InChI is InChI=1S/C29H28N2O6/c1-3-16-34-24-15-14-21(18-25(24)35-17-4-2)27(32)22-12-8-9-13-23(22)29(33)36-19-26-30-31-28(37-26)20-10-6-5-7-11-20/h5-15,18H,3-4,16-17,19H2,1-2H3. The molecule has 0 aliphatic heterocycles. The van der Waals surface area contributed by atoms with Gasteiger partial charge in [-0.1, -0.05) is 50.2 Å². The minimum atomic E-state index is -0.672. The summed E-state index contributed by atoms with van der Waals surface area (Å²) < 4.78 is 22.6. The molecular formula is C29H28N2O6. The maximum atomic E-state index is 13.4. The second kappa shape index (κ2) is 12.5.